The molecule has 0 heterocycles. The monoisotopic (exact) mass is 550 g/mol. The fourth-order valence-corrected chi connectivity index (χ4v) is 5.15. The molecule has 39 heavy (non-hydrogen) atoms. The zero-order valence-electron chi connectivity index (χ0n) is 26.2. The quantitative estimate of drug-likeness (QED) is 0.0529. The standard InChI is InChI=1S/C35H66O4/c1-3-5-7-9-11-13-14-15-16-18-20-22-28-32-35(38)39-33(30-26-23-24-27-31-34(36)37)29-25-21-19-17-12-10-8-6-4-2/h25,29,33H,3-24,26-28,30-32H2,1-2H3,(H,36,37)/b29-25-. The minimum atomic E-state index is -0.719. The van der Waals surface area contributed by atoms with Gasteiger partial charge < -0.3 is 9.84 Å². The van der Waals surface area contributed by atoms with Gasteiger partial charge in [-0.15, -0.1) is 0 Å². The van der Waals surface area contributed by atoms with Gasteiger partial charge in [-0.1, -0.05) is 148 Å². The zero-order valence-corrected chi connectivity index (χ0v) is 26.2. The van der Waals surface area contributed by atoms with Crippen molar-refractivity contribution >= 4 is 11.9 Å². The minimum Gasteiger partial charge on any atom is -0.481 e. The fraction of sp³-hybridized carbons (Fsp3) is 0.886. The molecule has 1 N–H and O–H groups in total. The molecule has 0 spiro atoms. The molecule has 0 aliphatic carbocycles. The molecule has 0 aromatic heterocycles. The largest absolute Gasteiger partial charge is 0.481 e. The predicted octanol–water partition coefficient (Wildman–Crippen LogP) is 11.5. The second-order valence-corrected chi connectivity index (χ2v) is 11.7. The van der Waals surface area contributed by atoms with Crippen LogP contribution in [-0.2, 0) is 14.3 Å². The van der Waals surface area contributed by atoms with Gasteiger partial charge in [-0.2, -0.15) is 0 Å². The Morgan fingerprint density at radius 2 is 0.974 bits per heavy atom. The topological polar surface area (TPSA) is 63.6 Å². The first kappa shape index (κ1) is 37.7. The van der Waals surface area contributed by atoms with Gasteiger partial charge in [-0.25, -0.2) is 0 Å². The SMILES string of the molecule is CCCCCCCCC/C=C\C(CCCCCCC(=O)O)OC(=O)CCCCCCCCCCCCCCC. The van der Waals surface area contributed by atoms with E-state index < -0.39 is 5.97 Å². The Morgan fingerprint density at radius 3 is 1.46 bits per heavy atom. The number of esters is 1. The molecule has 0 aromatic rings. The first-order valence-electron chi connectivity index (χ1n) is 17.2. The molecule has 0 bridgehead atoms. The van der Waals surface area contributed by atoms with Crippen molar-refractivity contribution in [1.82, 2.24) is 0 Å². The summed E-state index contributed by atoms with van der Waals surface area (Å²) in [4.78, 5) is 23.2. The number of ether oxygens (including phenoxy) is 1. The highest BCUT2D eigenvalue weighted by Gasteiger charge is 2.11. The number of hydrogen-bond donors (Lipinski definition) is 1. The Morgan fingerprint density at radius 1 is 0.564 bits per heavy atom. The van der Waals surface area contributed by atoms with E-state index in [2.05, 4.69) is 26.0 Å². The number of allylic oxidation sites excluding steroid dienone is 1. The van der Waals surface area contributed by atoms with E-state index >= 15 is 0 Å². The van der Waals surface area contributed by atoms with Gasteiger partial charge in [-0.3, -0.25) is 9.59 Å². The Kier molecular flexibility index (Phi) is 30.2. The number of rotatable bonds is 31. The molecule has 1 atom stereocenters. The number of carboxylic acids is 1. The van der Waals surface area contributed by atoms with E-state index in [-0.39, 0.29) is 18.5 Å². The predicted molar refractivity (Wildman–Crippen MR) is 167 cm³/mol. The number of carbonyl (C=O) groups is 2. The first-order chi connectivity index (χ1) is 19.1. The number of carboxylic acid groups (broad SMARTS) is 1. The van der Waals surface area contributed by atoms with E-state index in [1.165, 1.54) is 116 Å². The smallest absolute Gasteiger partial charge is 0.306 e. The Bertz CT molecular complexity index is 557. The maximum atomic E-state index is 12.5. The highest BCUT2D eigenvalue weighted by atomic mass is 16.5. The number of hydrogen-bond acceptors (Lipinski definition) is 3. The van der Waals surface area contributed by atoms with Crippen LogP contribution in [0.25, 0.3) is 0 Å². The number of carbonyl (C=O) groups excluding carboxylic acids is 1. The summed E-state index contributed by atoms with van der Waals surface area (Å²) in [5, 5.41) is 8.80. The van der Waals surface area contributed by atoms with Gasteiger partial charge >= 0.3 is 11.9 Å². The molecule has 0 fully saturated rings. The van der Waals surface area contributed by atoms with Crippen LogP contribution in [0.2, 0.25) is 0 Å². The van der Waals surface area contributed by atoms with Crippen LogP contribution in [0.4, 0.5) is 0 Å². The lowest BCUT2D eigenvalue weighted by Gasteiger charge is -2.15. The summed E-state index contributed by atoms with van der Waals surface area (Å²) < 4.78 is 5.85. The summed E-state index contributed by atoms with van der Waals surface area (Å²) in [5.74, 6) is -0.780. The highest BCUT2D eigenvalue weighted by molar-refractivity contribution is 5.69. The lowest BCUT2D eigenvalue weighted by molar-refractivity contribution is -0.147. The second kappa shape index (κ2) is 31.2. The molecule has 0 saturated carbocycles. The van der Waals surface area contributed by atoms with Crippen molar-refractivity contribution in [2.24, 2.45) is 0 Å². The van der Waals surface area contributed by atoms with Crippen LogP contribution in [0.3, 0.4) is 0 Å². The van der Waals surface area contributed by atoms with Gasteiger partial charge in [0.25, 0.3) is 0 Å². The van der Waals surface area contributed by atoms with Gasteiger partial charge in [-0.05, 0) is 44.6 Å². The second-order valence-electron chi connectivity index (χ2n) is 11.7. The summed E-state index contributed by atoms with van der Waals surface area (Å²) in [6.45, 7) is 4.53. The van der Waals surface area contributed by atoms with E-state index in [0.717, 1.165) is 51.4 Å². The Labute approximate surface area is 243 Å². The van der Waals surface area contributed by atoms with Gasteiger partial charge in [0.05, 0.1) is 0 Å². The number of unbranched alkanes of at least 4 members (excludes halogenated alkanes) is 22. The van der Waals surface area contributed by atoms with Gasteiger partial charge in [0.1, 0.15) is 6.10 Å². The van der Waals surface area contributed by atoms with Gasteiger partial charge in [0.15, 0.2) is 0 Å². The minimum absolute atomic E-state index is 0.0606. The van der Waals surface area contributed by atoms with Gasteiger partial charge in [0, 0.05) is 12.8 Å². The van der Waals surface area contributed by atoms with Crippen LogP contribution in [0, 0.1) is 0 Å². The van der Waals surface area contributed by atoms with Crippen molar-refractivity contribution < 1.29 is 19.4 Å². The molecule has 0 aliphatic heterocycles. The molecule has 0 saturated heterocycles. The molecule has 1 unspecified atom stereocenters. The first-order valence-corrected chi connectivity index (χ1v) is 17.2. The molecule has 4 heteroatoms. The molecule has 0 amide bonds. The normalized spacial score (nSPS) is 12.3. The van der Waals surface area contributed by atoms with E-state index in [1.54, 1.807) is 0 Å². The van der Waals surface area contributed by atoms with Crippen molar-refractivity contribution in [3.8, 4) is 0 Å². The summed E-state index contributed by atoms with van der Waals surface area (Å²) >= 11 is 0. The van der Waals surface area contributed by atoms with E-state index in [9.17, 15) is 9.59 Å². The lowest BCUT2D eigenvalue weighted by Crippen LogP contribution is -2.16. The Balaban J connectivity index is 4.03. The molecule has 230 valence electrons. The van der Waals surface area contributed by atoms with Crippen molar-refractivity contribution in [2.45, 2.75) is 200 Å². The fourth-order valence-electron chi connectivity index (χ4n) is 5.15. The van der Waals surface area contributed by atoms with Gasteiger partial charge in [0.2, 0.25) is 0 Å². The molecule has 4 nitrogen and oxygen atoms in total. The summed E-state index contributed by atoms with van der Waals surface area (Å²) in [6, 6.07) is 0. The maximum absolute atomic E-state index is 12.5. The molecule has 0 aliphatic rings. The van der Waals surface area contributed by atoms with Crippen LogP contribution < -0.4 is 0 Å². The molecular weight excluding hydrogens is 484 g/mol. The molecular formula is C35H66O4. The molecule has 0 rings (SSSR count). The third kappa shape index (κ3) is 31.1. The summed E-state index contributed by atoms with van der Waals surface area (Å²) in [5.41, 5.74) is 0. The van der Waals surface area contributed by atoms with Crippen LogP contribution in [0.5, 0.6) is 0 Å². The van der Waals surface area contributed by atoms with Crippen LogP contribution in [0.15, 0.2) is 12.2 Å². The van der Waals surface area contributed by atoms with Crippen molar-refractivity contribution in [2.75, 3.05) is 0 Å². The van der Waals surface area contributed by atoms with Crippen LogP contribution >= 0.6 is 0 Å². The van der Waals surface area contributed by atoms with Crippen LogP contribution in [0.1, 0.15) is 194 Å². The summed E-state index contributed by atoms with van der Waals surface area (Å²) in [7, 11) is 0. The average Bonchev–Trinajstić information content (AvgIpc) is 2.91. The van der Waals surface area contributed by atoms with Crippen LogP contribution in [-0.4, -0.2) is 23.1 Å². The maximum Gasteiger partial charge on any atom is 0.306 e. The average molecular weight is 551 g/mol. The van der Waals surface area contributed by atoms with Crippen molar-refractivity contribution in [3.63, 3.8) is 0 Å². The van der Waals surface area contributed by atoms with Crippen molar-refractivity contribution in [1.29, 1.82) is 0 Å². The highest BCUT2D eigenvalue weighted by Crippen LogP contribution is 2.16. The Hall–Kier alpha value is -1.32. The third-order valence-electron chi connectivity index (χ3n) is 7.72. The molecule has 0 aromatic carbocycles. The number of aliphatic carboxylic acids is 1. The summed E-state index contributed by atoms with van der Waals surface area (Å²) in [6.07, 6.45) is 36.6. The van der Waals surface area contributed by atoms with E-state index in [1.807, 2.05) is 0 Å². The molecule has 0 radical (unpaired) electrons. The zero-order chi connectivity index (χ0) is 28.7. The lowest BCUT2D eigenvalue weighted by atomic mass is 10.0. The van der Waals surface area contributed by atoms with Crippen molar-refractivity contribution in [3.05, 3.63) is 12.2 Å². The van der Waals surface area contributed by atoms with E-state index in [0.29, 0.717) is 6.42 Å². The third-order valence-corrected chi connectivity index (χ3v) is 7.72. The van der Waals surface area contributed by atoms with E-state index in [4.69, 9.17) is 9.84 Å².